The van der Waals surface area contributed by atoms with Gasteiger partial charge in [0.05, 0.1) is 23.1 Å². The van der Waals surface area contributed by atoms with Crippen molar-refractivity contribution in [1.29, 1.82) is 0 Å². The highest BCUT2D eigenvalue weighted by atomic mass is 16.2. The van der Waals surface area contributed by atoms with E-state index in [4.69, 9.17) is 4.98 Å². The molecule has 0 spiro atoms. The summed E-state index contributed by atoms with van der Waals surface area (Å²) in [7, 11) is 1.83. The van der Waals surface area contributed by atoms with Crippen molar-refractivity contribution in [2.24, 2.45) is 0 Å². The van der Waals surface area contributed by atoms with E-state index in [9.17, 15) is 4.79 Å². The maximum Gasteiger partial charge on any atom is 0.246 e. The summed E-state index contributed by atoms with van der Waals surface area (Å²) >= 11 is 0. The number of benzene rings is 2. The van der Waals surface area contributed by atoms with Crippen LogP contribution in [0, 0.1) is 13.8 Å². The van der Waals surface area contributed by atoms with Crippen LogP contribution in [-0.4, -0.2) is 61.9 Å². The number of pyridine rings is 2. The molecule has 0 N–H and O–H groups in total. The van der Waals surface area contributed by atoms with Crippen LogP contribution in [0.5, 0.6) is 0 Å². The van der Waals surface area contributed by atoms with Gasteiger partial charge in [-0.05, 0) is 80.7 Å². The number of hydrogen-bond acceptors (Lipinski definition) is 5. The lowest BCUT2D eigenvalue weighted by atomic mass is 10.00. The number of likely N-dealkylation sites (tertiary alicyclic amines) is 1. The maximum absolute atomic E-state index is 13.1. The highest BCUT2D eigenvalue weighted by Crippen LogP contribution is 2.24. The number of hydrogen-bond donors (Lipinski definition) is 0. The predicted octanol–water partition coefficient (Wildman–Crippen LogP) is 6.69. The van der Waals surface area contributed by atoms with Gasteiger partial charge in [-0.3, -0.25) is 14.7 Å². The van der Waals surface area contributed by atoms with Crippen LogP contribution in [-0.2, 0) is 17.9 Å². The van der Waals surface area contributed by atoms with Gasteiger partial charge in [-0.15, -0.1) is 0 Å². The summed E-state index contributed by atoms with van der Waals surface area (Å²) in [6.07, 6.45) is 11.9. The molecule has 0 saturated carbocycles. The first kappa shape index (κ1) is 30.2. The number of carbonyl (C=O) groups excluding carboxylic acids is 1. The monoisotopic (exact) mass is 596 g/mol. The number of aromatic nitrogens is 4. The number of fused-ring (bicyclic) bond motifs is 1. The zero-order valence-electron chi connectivity index (χ0n) is 26.4. The van der Waals surface area contributed by atoms with Crippen molar-refractivity contribution in [3.05, 3.63) is 137 Å². The third-order valence-corrected chi connectivity index (χ3v) is 8.46. The molecule has 0 aliphatic carbocycles. The van der Waals surface area contributed by atoms with Gasteiger partial charge in [-0.1, -0.05) is 66.2 Å². The minimum absolute atomic E-state index is 0.0660. The third kappa shape index (κ3) is 7.44. The Balaban J connectivity index is 1.11. The average molecular weight is 597 g/mol. The first-order valence-electron chi connectivity index (χ1n) is 15.7. The second-order valence-electron chi connectivity index (χ2n) is 11.9. The highest BCUT2D eigenvalue weighted by Gasteiger charge is 2.13. The van der Waals surface area contributed by atoms with Crippen LogP contribution in [0.4, 0.5) is 0 Å². The van der Waals surface area contributed by atoms with Crippen LogP contribution in [0.15, 0.2) is 97.3 Å². The first-order chi connectivity index (χ1) is 21.9. The lowest BCUT2D eigenvalue weighted by Crippen LogP contribution is -2.24. The Hall–Kier alpha value is -4.88. The van der Waals surface area contributed by atoms with Gasteiger partial charge in [-0.2, -0.15) is 0 Å². The van der Waals surface area contributed by atoms with Gasteiger partial charge >= 0.3 is 0 Å². The Labute approximate surface area is 265 Å². The molecule has 3 aromatic heterocycles. The molecule has 1 fully saturated rings. The van der Waals surface area contributed by atoms with E-state index in [1.165, 1.54) is 24.0 Å². The zero-order valence-corrected chi connectivity index (χ0v) is 26.4. The predicted molar refractivity (Wildman–Crippen MR) is 181 cm³/mol. The van der Waals surface area contributed by atoms with E-state index in [0.717, 1.165) is 71.1 Å². The molecule has 7 nitrogen and oxygen atoms in total. The summed E-state index contributed by atoms with van der Waals surface area (Å²) in [6.45, 7) is 8.58. The van der Waals surface area contributed by atoms with E-state index in [1.54, 1.807) is 23.4 Å². The number of imidazole rings is 1. The average Bonchev–Trinajstić information content (AvgIpc) is 3.69. The molecule has 0 atom stereocenters. The summed E-state index contributed by atoms with van der Waals surface area (Å²) in [5.74, 6) is 0.896. The molecule has 1 aliphatic heterocycles. The maximum atomic E-state index is 13.1. The molecule has 0 unspecified atom stereocenters. The molecule has 1 saturated heterocycles. The summed E-state index contributed by atoms with van der Waals surface area (Å²) in [5.41, 5.74) is 9.42. The van der Waals surface area contributed by atoms with Crippen LogP contribution in [0.3, 0.4) is 0 Å². The van der Waals surface area contributed by atoms with Gasteiger partial charge in [0.15, 0.2) is 0 Å². The Morgan fingerprint density at radius 2 is 1.67 bits per heavy atom. The van der Waals surface area contributed by atoms with Crippen molar-refractivity contribution in [2.75, 3.05) is 26.7 Å². The van der Waals surface area contributed by atoms with Crippen LogP contribution < -0.4 is 0 Å². The van der Waals surface area contributed by atoms with E-state index in [1.807, 2.05) is 38.2 Å². The quantitative estimate of drug-likeness (QED) is 0.168. The number of likely N-dealkylation sites (N-methyl/N-ethyl adjacent to an activating group) is 1. The topological polar surface area (TPSA) is 67.2 Å². The first-order valence-corrected chi connectivity index (χ1v) is 15.7. The SMILES string of the molecule is Cc1ccc(/C(=C\CN2CCCC2)c2cccc(/C=C/C(=O)N(C)Cc3ccc(Cn4c(C)nc5cnccc54)cc3)n2)cc1. The van der Waals surface area contributed by atoms with Gasteiger partial charge in [0.25, 0.3) is 0 Å². The fraction of sp³-hybridized carbons (Fsp3) is 0.263. The van der Waals surface area contributed by atoms with Crippen molar-refractivity contribution in [3.63, 3.8) is 0 Å². The molecule has 1 amide bonds. The van der Waals surface area contributed by atoms with Crippen molar-refractivity contribution in [3.8, 4) is 0 Å². The molecule has 6 rings (SSSR count). The molecule has 228 valence electrons. The minimum atomic E-state index is -0.0660. The Bertz CT molecular complexity index is 1830. The number of carbonyl (C=O) groups is 1. The summed E-state index contributed by atoms with van der Waals surface area (Å²) in [4.78, 5) is 31.0. The Kier molecular flexibility index (Phi) is 9.27. The van der Waals surface area contributed by atoms with Gasteiger partial charge in [0, 0.05) is 44.5 Å². The third-order valence-electron chi connectivity index (χ3n) is 8.46. The molecule has 5 aromatic rings. The van der Waals surface area contributed by atoms with E-state index >= 15 is 0 Å². The van der Waals surface area contributed by atoms with Crippen LogP contribution >= 0.6 is 0 Å². The van der Waals surface area contributed by atoms with Gasteiger partial charge < -0.3 is 9.47 Å². The van der Waals surface area contributed by atoms with E-state index in [0.29, 0.717) is 6.54 Å². The van der Waals surface area contributed by atoms with E-state index in [-0.39, 0.29) is 5.91 Å². The standard InChI is InChI=1S/C38H40N6O/c1-28-9-15-32(16-10-28)34(20-24-43-22-4-5-23-43)35-8-6-7-33(41-35)17-18-38(45)42(3)26-30-11-13-31(14-12-30)27-44-29(2)40-36-25-39-21-19-37(36)44/h6-21,25H,4-5,22-24,26-27H2,1-3H3/b18-17+,34-20+. The Morgan fingerprint density at radius 3 is 2.44 bits per heavy atom. The van der Waals surface area contributed by atoms with Crippen LogP contribution in [0.2, 0.25) is 0 Å². The molecule has 7 heteroatoms. The number of rotatable bonds is 10. The normalized spacial score (nSPS) is 14.1. The zero-order chi connectivity index (χ0) is 31.2. The fourth-order valence-electron chi connectivity index (χ4n) is 5.85. The molecule has 0 radical (unpaired) electrons. The van der Waals surface area contributed by atoms with Crippen LogP contribution in [0.25, 0.3) is 22.7 Å². The highest BCUT2D eigenvalue weighted by molar-refractivity contribution is 5.91. The second-order valence-corrected chi connectivity index (χ2v) is 11.9. The number of nitrogens with zero attached hydrogens (tertiary/aromatic N) is 6. The minimum Gasteiger partial charge on any atom is -0.338 e. The second kappa shape index (κ2) is 13.8. The van der Waals surface area contributed by atoms with Gasteiger partial charge in [-0.25, -0.2) is 9.97 Å². The van der Waals surface area contributed by atoms with Crippen molar-refractivity contribution in [1.82, 2.24) is 29.3 Å². The van der Waals surface area contributed by atoms with Crippen LogP contribution in [0.1, 0.15) is 52.3 Å². The summed E-state index contributed by atoms with van der Waals surface area (Å²) < 4.78 is 2.20. The van der Waals surface area contributed by atoms with Crippen molar-refractivity contribution in [2.45, 2.75) is 39.8 Å². The molecular formula is C38H40N6O. The van der Waals surface area contributed by atoms with Gasteiger partial charge in [0.1, 0.15) is 11.3 Å². The number of aryl methyl sites for hydroxylation is 2. The van der Waals surface area contributed by atoms with Crippen molar-refractivity contribution >= 4 is 28.6 Å². The summed E-state index contributed by atoms with van der Waals surface area (Å²) in [6, 6.07) is 25.0. The lowest BCUT2D eigenvalue weighted by molar-refractivity contribution is -0.125. The molecule has 0 bridgehead atoms. The van der Waals surface area contributed by atoms with Crippen molar-refractivity contribution < 1.29 is 4.79 Å². The Morgan fingerprint density at radius 1 is 0.911 bits per heavy atom. The molecule has 1 aliphatic rings. The smallest absolute Gasteiger partial charge is 0.246 e. The van der Waals surface area contributed by atoms with Gasteiger partial charge in [0.2, 0.25) is 5.91 Å². The summed E-state index contributed by atoms with van der Waals surface area (Å²) in [5, 5.41) is 0. The lowest BCUT2D eigenvalue weighted by Gasteiger charge is -2.16. The largest absolute Gasteiger partial charge is 0.338 e. The molecule has 2 aromatic carbocycles. The number of amides is 1. The molecule has 4 heterocycles. The fourth-order valence-corrected chi connectivity index (χ4v) is 5.85. The van der Waals surface area contributed by atoms with E-state index in [2.05, 4.69) is 87.0 Å². The van der Waals surface area contributed by atoms with E-state index < -0.39 is 0 Å². The molecular weight excluding hydrogens is 556 g/mol. The molecule has 45 heavy (non-hydrogen) atoms.